The molecule has 0 unspecified atom stereocenters. The van der Waals surface area contributed by atoms with E-state index in [-0.39, 0.29) is 32.5 Å². The molecule has 0 atom stereocenters. The zero-order valence-electron chi connectivity index (χ0n) is 87.2. The van der Waals surface area contributed by atoms with Crippen LogP contribution in [0.15, 0.2) is 296 Å². The van der Waals surface area contributed by atoms with E-state index in [1.165, 1.54) is 220 Å². The molecule has 1 aliphatic rings. The zero-order valence-corrected chi connectivity index (χ0v) is 87.0. The summed E-state index contributed by atoms with van der Waals surface area (Å²) in [7, 11) is 10.7. The van der Waals surface area contributed by atoms with Gasteiger partial charge in [0.2, 0.25) is 28.5 Å². The number of furan rings is 1. The van der Waals surface area contributed by atoms with E-state index >= 15 is 0 Å². The fourth-order valence-corrected chi connectivity index (χ4v) is 21.4. The lowest BCUT2D eigenvalue weighted by Gasteiger charge is -2.22. The minimum atomic E-state index is 0.0108. The number of aryl methyl sites for hydroxylation is 10. The number of aromatic nitrogens is 6. The maximum absolute atomic E-state index is 8.11. The molecule has 688 valence electrons. The van der Waals surface area contributed by atoms with Crippen LogP contribution in [0.25, 0.3) is 164 Å². The average Bonchev–Trinajstić information content (AvgIpc) is 1.57. The molecule has 20 aromatic rings. The van der Waals surface area contributed by atoms with E-state index in [2.05, 4.69) is 497 Å². The smallest absolute Gasteiger partial charge is 0.220 e. The Balaban J connectivity index is 0.000000119. The average molecular weight is 1810 g/mol. The first-order valence-corrected chi connectivity index (χ1v) is 49.5. The van der Waals surface area contributed by atoms with E-state index in [1.807, 2.05) is 29.5 Å². The molecule has 7 nitrogen and oxygen atoms in total. The van der Waals surface area contributed by atoms with Crippen molar-refractivity contribution in [3.8, 4) is 67.4 Å². The van der Waals surface area contributed by atoms with Crippen molar-refractivity contribution in [1.82, 2.24) is 4.57 Å². The lowest BCUT2D eigenvalue weighted by atomic mass is 9.81. The normalized spacial score (nSPS) is 12.9. The van der Waals surface area contributed by atoms with Gasteiger partial charge >= 0.3 is 0 Å². The fraction of sp³-hybridized carbons (Fsp3) is 0.289. The maximum Gasteiger partial charge on any atom is 0.220 e. The van der Waals surface area contributed by atoms with Gasteiger partial charge in [-0.2, -0.15) is 0 Å². The van der Waals surface area contributed by atoms with E-state index in [9.17, 15) is 0 Å². The van der Waals surface area contributed by atoms with Crippen molar-refractivity contribution in [2.45, 2.75) is 212 Å². The molecule has 1 aliphatic carbocycles. The van der Waals surface area contributed by atoms with Crippen molar-refractivity contribution in [1.29, 1.82) is 0 Å². The Labute approximate surface area is 813 Å². The van der Waals surface area contributed by atoms with Crippen LogP contribution >= 0.6 is 11.3 Å². The van der Waals surface area contributed by atoms with Crippen LogP contribution in [0.3, 0.4) is 0 Å². The first-order chi connectivity index (χ1) is 64.6. The van der Waals surface area contributed by atoms with Gasteiger partial charge in [0.1, 0.15) is 40.8 Å². The second-order valence-corrected chi connectivity index (χ2v) is 45.6. The minimum Gasteiger partial charge on any atom is -0.464 e. The van der Waals surface area contributed by atoms with Crippen LogP contribution in [0.1, 0.15) is 211 Å². The molecule has 8 heterocycles. The molecule has 0 spiro atoms. The molecule has 0 fully saturated rings. The highest BCUT2D eigenvalue weighted by Crippen LogP contribution is 2.51. The third-order valence-electron chi connectivity index (χ3n) is 28.9. The summed E-state index contributed by atoms with van der Waals surface area (Å²) in [6.07, 6.45) is 12.6. The number of benzene rings is 12. The first kappa shape index (κ1) is 93.4. The second kappa shape index (κ2) is 35.9. The van der Waals surface area contributed by atoms with Crippen molar-refractivity contribution in [2.24, 2.45) is 35.2 Å². The summed E-state index contributed by atoms with van der Waals surface area (Å²) in [4.78, 5) is 0. The van der Waals surface area contributed by atoms with E-state index in [0.717, 1.165) is 16.5 Å². The predicted molar refractivity (Wildman–Crippen MR) is 581 cm³/mol. The molecule has 0 saturated carbocycles. The van der Waals surface area contributed by atoms with Crippen LogP contribution in [-0.2, 0) is 67.7 Å². The molecular formula is C128H139N6OS+5. The lowest BCUT2D eigenvalue weighted by molar-refractivity contribution is -0.659. The standard InChI is InChI=1S/C30H33N2.C30H32N.C23H24NO.C23H24NS.C22H26N/c1-19(2)32-27-11-9-8-10-24(27)26-16-20(3)25(18-28(26)32)29-23-13-12-22(30(4,5)6)17-21(23)14-15-31(29)7;1-19-16-25-23-10-8-9-11-26(23)30(5,6)27(25)18-24(19)28-22-13-12-21(29(2,3)4)17-20(22)14-15-31(28)7;2*1-15-12-17-9-11-25-21(17)14-20(15)22-19-7-6-18(23(2,3)4)13-16(19)8-10-24(22)5;1-15-8-7-9-19(16(15)2)21-20-11-10-18(22(3,4)5)14-17(20)12-13-23(21)6/h8-19H,1-7H3;8-18H,1-7H3;2*6-14H,1-5H3;7-14H,1-6H3/q5*+1/i;;;;7D. The van der Waals surface area contributed by atoms with Crippen LogP contribution in [0.5, 0.6) is 0 Å². The summed E-state index contributed by atoms with van der Waals surface area (Å²) in [5.74, 6) is 0. The molecule has 8 aromatic heterocycles. The van der Waals surface area contributed by atoms with Gasteiger partial charge in [-0.15, -0.1) is 11.3 Å². The number of para-hydroxylation sites is 1. The summed E-state index contributed by atoms with van der Waals surface area (Å²) in [5, 5.41) is 20.2. The van der Waals surface area contributed by atoms with Crippen molar-refractivity contribution in [3.63, 3.8) is 0 Å². The van der Waals surface area contributed by atoms with Gasteiger partial charge in [-0.05, 0) is 301 Å². The Bertz CT molecular complexity index is 8010. The van der Waals surface area contributed by atoms with Crippen molar-refractivity contribution in [3.05, 3.63) is 364 Å². The van der Waals surface area contributed by atoms with Gasteiger partial charge < -0.3 is 8.98 Å². The van der Waals surface area contributed by atoms with E-state index in [0.29, 0.717) is 12.1 Å². The Hall–Kier alpha value is -13.0. The van der Waals surface area contributed by atoms with Crippen LogP contribution in [0.4, 0.5) is 0 Å². The number of hydrogen-bond acceptors (Lipinski definition) is 2. The molecule has 12 aromatic carbocycles. The van der Waals surface area contributed by atoms with Crippen LogP contribution in [-0.4, -0.2) is 4.57 Å². The number of rotatable bonds is 6. The Morgan fingerprint density at radius 2 is 0.691 bits per heavy atom. The van der Waals surface area contributed by atoms with Crippen molar-refractivity contribution < 1.29 is 28.6 Å². The topological polar surface area (TPSA) is 37.5 Å². The van der Waals surface area contributed by atoms with Gasteiger partial charge in [0.25, 0.3) is 0 Å². The monoisotopic (exact) mass is 1810 g/mol. The molecule has 0 saturated heterocycles. The van der Waals surface area contributed by atoms with Gasteiger partial charge in [-0.25, -0.2) is 22.8 Å². The molecule has 0 amide bonds. The van der Waals surface area contributed by atoms with Gasteiger partial charge in [0.05, 0.1) is 62.3 Å². The third-order valence-corrected chi connectivity index (χ3v) is 29.8. The van der Waals surface area contributed by atoms with Gasteiger partial charge in [0.15, 0.2) is 31.0 Å². The van der Waals surface area contributed by atoms with Gasteiger partial charge in [-0.3, -0.25) is 0 Å². The van der Waals surface area contributed by atoms with Gasteiger partial charge in [0, 0.05) is 73.7 Å². The number of pyridine rings is 5. The molecular weight excluding hydrogens is 1670 g/mol. The molecule has 0 radical (unpaired) electrons. The third kappa shape index (κ3) is 18.0. The Kier molecular flexibility index (Phi) is 24.7. The quantitative estimate of drug-likeness (QED) is 0.153. The van der Waals surface area contributed by atoms with E-state index < -0.39 is 0 Å². The summed E-state index contributed by atoms with van der Waals surface area (Å²) in [5.41, 5.74) is 37.0. The minimum absolute atomic E-state index is 0.0108. The van der Waals surface area contributed by atoms with Crippen LogP contribution in [0, 0.1) is 41.5 Å². The Morgan fingerprint density at radius 1 is 0.309 bits per heavy atom. The summed E-state index contributed by atoms with van der Waals surface area (Å²) >= 11 is 1.81. The highest BCUT2D eigenvalue weighted by molar-refractivity contribution is 7.17. The highest BCUT2D eigenvalue weighted by atomic mass is 32.1. The zero-order chi connectivity index (χ0) is 98.1. The van der Waals surface area contributed by atoms with Crippen molar-refractivity contribution in [2.75, 3.05) is 0 Å². The van der Waals surface area contributed by atoms with Gasteiger partial charge in [-0.1, -0.05) is 239 Å². The lowest BCUT2D eigenvalue weighted by Crippen LogP contribution is -2.31. The number of fused-ring (bicyclic) bond motifs is 13. The highest BCUT2D eigenvalue weighted by Gasteiger charge is 2.38. The fourth-order valence-electron chi connectivity index (χ4n) is 20.6. The summed E-state index contributed by atoms with van der Waals surface area (Å²) in [6.45, 7) is 56.4. The van der Waals surface area contributed by atoms with Crippen molar-refractivity contribution >= 4 is 108 Å². The molecule has 0 N–H and O–H groups in total. The largest absolute Gasteiger partial charge is 0.464 e. The maximum atomic E-state index is 8.11. The first-order valence-electron chi connectivity index (χ1n) is 49.1. The van der Waals surface area contributed by atoms with E-state index in [4.69, 9.17) is 5.79 Å². The number of thiophene rings is 1. The number of hydrogen-bond donors (Lipinski definition) is 0. The predicted octanol–water partition coefficient (Wildman–Crippen LogP) is 32.0. The molecule has 0 bridgehead atoms. The van der Waals surface area contributed by atoms with Crippen LogP contribution < -0.4 is 22.8 Å². The molecule has 0 aliphatic heterocycles. The molecule has 8 heteroatoms. The van der Waals surface area contributed by atoms with Crippen LogP contribution in [0.2, 0.25) is 0 Å². The SMILES string of the molecule is Cc1cc2c(cc1-c1c3ccc(C(C)(C)C)cc3cc[n+]1C)C(C)(C)c1ccccc1-2.Cc1cc2c3ccccc3n(C(C)C)c2cc1-c1c2ccc(C(C)(C)C)cc2cc[n+]1C.Cc1cc2ccoc2cc1-c1c2ccc(C(C)(C)C)cc2cc[n+]1C.Cc1cc2ccsc2cc1-c1c2ccc(C(C)(C)C)cc2cc[n+]1C.[2H]c1cc(C)c(C)c(-c2c3ccc(C(C)(C)C)cc3cc[n+]2C)c1. The van der Waals surface area contributed by atoms with E-state index in [1.54, 1.807) is 6.26 Å². The number of nitrogens with zero attached hydrogens (tertiary/aromatic N) is 6. The second-order valence-electron chi connectivity index (χ2n) is 44.6. The molecule has 21 rings (SSSR count). The summed E-state index contributed by atoms with van der Waals surface area (Å²) < 4.78 is 28.8. The summed E-state index contributed by atoms with van der Waals surface area (Å²) in [6, 6.07) is 91.0. The molecule has 136 heavy (non-hydrogen) atoms. The Morgan fingerprint density at radius 3 is 1.13 bits per heavy atom.